The quantitative estimate of drug-likeness (QED) is 0.199. The van der Waals surface area contributed by atoms with Gasteiger partial charge in [-0.15, -0.1) is 0 Å². The van der Waals surface area contributed by atoms with Gasteiger partial charge < -0.3 is 40.7 Å². The molecule has 2 aromatic carbocycles. The molecule has 196 valence electrons. The maximum atomic E-state index is 11.2. The first-order chi connectivity index (χ1) is 17.6. The normalized spacial score (nSPS) is 12.3. The first-order valence-corrected chi connectivity index (χ1v) is 11.4. The monoisotopic (exact) mass is 510 g/mol. The molecule has 0 unspecified atom stereocenters. The van der Waals surface area contributed by atoms with E-state index in [2.05, 4.69) is 15.3 Å². The van der Waals surface area contributed by atoms with E-state index in [1.807, 2.05) is 36.4 Å². The number of rotatable bonds is 9. The number of aromatic nitrogens is 2. The molecule has 11 heteroatoms. The lowest BCUT2D eigenvalue weighted by atomic mass is 10.0. The molecular weight excluding hydrogens is 480 g/mol. The molecular formula is C26H30N4O7. The molecule has 2 aromatic heterocycles. The number of aliphatic carboxylic acids is 2. The van der Waals surface area contributed by atoms with Gasteiger partial charge in [0.15, 0.2) is 0 Å². The molecule has 0 spiro atoms. The zero-order valence-corrected chi connectivity index (χ0v) is 20.7. The molecule has 0 radical (unpaired) electrons. The van der Waals surface area contributed by atoms with Crippen LogP contribution in [0, 0.1) is 0 Å². The van der Waals surface area contributed by atoms with E-state index in [4.69, 9.17) is 25.4 Å². The third-order valence-corrected chi connectivity index (χ3v) is 5.81. The highest BCUT2D eigenvalue weighted by molar-refractivity contribution is 5.87. The maximum Gasteiger partial charge on any atom is 0.326 e. The average molecular weight is 511 g/mol. The van der Waals surface area contributed by atoms with Gasteiger partial charge in [-0.2, -0.15) is 0 Å². The number of aromatic amines is 2. The summed E-state index contributed by atoms with van der Waals surface area (Å²) in [6, 6.07) is 9.31. The van der Waals surface area contributed by atoms with Crippen LogP contribution in [0.25, 0.3) is 21.8 Å². The van der Waals surface area contributed by atoms with Crippen molar-refractivity contribution in [1.29, 1.82) is 0 Å². The summed E-state index contributed by atoms with van der Waals surface area (Å²) in [7, 11) is 3.17. The van der Waals surface area contributed by atoms with Crippen LogP contribution in [0.4, 0.5) is 0 Å². The van der Waals surface area contributed by atoms with Crippen LogP contribution in [-0.4, -0.2) is 64.3 Å². The predicted molar refractivity (Wildman–Crippen MR) is 138 cm³/mol. The Morgan fingerprint density at radius 2 is 1.35 bits per heavy atom. The number of carboxylic acids is 2. The standard InChI is InChI=1S/C14H16N2O4.C12H14N2O3/c1-8(17)16-13(14(18)19)5-9-7-15-12-4-3-10(20-2)6-11(9)12;1-17-8-2-3-11-9(5-8)7(6-14-11)4-10(13)12(15)16/h3-4,6-7,13,15H,5H2,1-2H3,(H,16,17)(H,18,19);2-3,5-6,10,14H,4,13H2,1H3,(H,15,16)/t13-;10-/m00/s1. The van der Waals surface area contributed by atoms with Crippen LogP contribution >= 0.6 is 0 Å². The fraction of sp³-hybridized carbons (Fsp3) is 0.269. The number of carboxylic acid groups (broad SMARTS) is 2. The van der Waals surface area contributed by atoms with Gasteiger partial charge in [0, 0.05) is 54.0 Å². The summed E-state index contributed by atoms with van der Waals surface area (Å²) < 4.78 is 10.3. The molecule has 4 rings (SSSR count). The number of methoxy groups -OCH3 is 2. The number of carbonyl (C=O) groups excluding carboxylic acids is 1. The largest absolute Gasteiger partial charge is 0.497 e. The van der Waals surface area contributed by atoms with Crippen LogP contribution in [0.5, 0.6) is 11.5 Å². The zero-order valence-electron chi connectivity index (χ0n) is 20.7. The van der Waals surface area contributed by atoms with Crippen molar-refractivity contribution in [2.45, 2.75) is 31.8 Å². The van der Waals surface area contributed by atoms with Crippen molar-refractivity contribution < 1.29 is 34.1 Å². The number of fused-ring (bicyclic) bond motifs is 2. The average Bonchev–Trinajstić information content (AvgIpc) is 3.46. The van der Waals surface area contributed by atoms with Gasteiger partial charge >= 0.3 is 11.9 Å². The Hall–Kier alpha value is -4.51. The molecule has 1 amide bonds. The molecule has 37 heavy (non-hydrogen) atoms. The van der Waals surface area contributed by atoms with E-state index in [-0.39, 0.29) is 12.3 Å². The fourth-order valence-corrected chi connectivity index (χ4v) is 3.90. The molecule has 0 saturated heterocycles. The lowest BCUT2D eigenvalue weighted by Crippen LogP contribution is -2.41. The van der Waals surface area contributed by atoms with E-state index in [1.54, 1.807) is 26.6 Å². The number of amides is 1. The highest BCUT2D eigenvalue weighted by Crippen LogP contribution is 2.25. The van der Waals surface area contributed by atoms with Crippen molar-refractivity contribution in [1.82, 2.24) is 15.3 Å². The molecule has 4 aromatic rings. The number of nitrogens with two attached hydrogens (primary N) is 1. The lowest BCUT2D eigenvalue weighted by molar-refractivity contribution is -0.141. The molecule has 0 aliphatic rings. The van der Waals surface area contributed by atoms with E-state index >= 15 is 0 Å². The second kappa shape index (κ2) is 12.0. The summed E-state index contributed by atoms with van der Waals surface area (Å²) in [5.41, 5.74) is 9.07. The second-order valence-corrected chi connectivity index (χ2v) is 8.40. The van der Waals surface area contributed by atoms with Crippen LogP contribution < -0.4 is 20.5 Å². The Kier molecular flexibility index (Phi) is 8.75. The molecule has 11 nitrogen and oxygen atoms in total. The fourth-order valence-electron chi connectivity index (χ4n) is 3.90. The van der Waals surface area contributed by atoms with Gasteiger partial charge in [-0.1, -0.05) is 0 Å². The molecule has 0 saturated carbocycles. The number of hydrogen-bond acceptors (Lipinski definition) is 6. The Bertz CT molecular complexity index is 1410. The number of hydrogen-bond donors (Lipinski definition) is 6. The van der Waals surface area contributed by atoms with Crippen LogP contribution in [0.3, 0.4) is 0 Å². The molecule has 2 atom stereocenters. The first kappa shape index (κ1) is 27.1. The van der Waals surface area contributed by atoms with Crippen molar-refractivity contribution in [2.24, 2.45) is 5.73 Å². The minimum Gasteiger partial charge on any atom is -0.497 e. The molecule has 0 fully saturated rings. The molecule has 2 heterocycles. The smallest absolute Gasteiger partial charge is 0.326 e. The summed E-state index contributed by atoms with van der Waals surface area (Å²) in [5.74, 6) is -0.985. The Labute approximate surface area is 212 Å². The van der Waals surface area contributed by atoms with Gasteiger partial charge in [-0.05, 0) is 47.5 Å². The molecule has 0 bridgehead atoms. The van der Waals surface area contributed by atoms with E-state index in [1.165, 1.54) is 6.92 Å². The van der Waals surface area contributed by atoms with Crippen LogP contribution in [-0.2, 0) is 27.2 Å². The molecule has 7 N–H and O–H groups in total. The van der Waals surface area contributed by atoms with Crippen molar-refractivity contribution in [3.8, 4) is 11.5 Å². The van der Waals surface area contributed by atoms with Crippen LogP contribution in [0.2, 0.25) is 0 Å². The van der Waals surface area contributed by atoms with Crippen molar-refractivity contribution >= 4 is 39.7 Å². The van der Waals surface area contributed by atoms with Gasteiger partial charge in [0.2, 0.25) is 5.91 Å². The summed E-state index contributed by atoms with van der Waals surface area (Å²) in [4.78, 5) is 39.1. The molecule has 0 aliphatic carbocycles. The van der Waals surface area contributed by atoms with E-state index in [0.717, 1.165) is 38.7 Å². The number of H-pyrrole nitrogens is 2. The number of ether oxygens (including phenoxy) is 2. The Balaban J connectivity index is 0.000000208. The Morgan fingerprint density at radius 1 is 0.865 bits per heavy atom. The summed E-state index contributed by atoms with van der Waals surface area (Å²) in [6.45, 7) is 1.30. The topological polar surface area (TPSA) is 180 Å². The summed E-state index contributed by atoms with van der Waals surface area (Å²) in [5, 5.41) is 22.2. The minimum atomic E-state index is -1.06. The number of benzene rings is 2. The van der Waals surface area contributed by atoms with E-state index < -0.39 is 24.0 Å². The number of nitrogens with one attached hydrogen (secondary N) is 3. The number of carbonyl (C=O) groups is 3. The van der Waals surface area contributed by atoms with Crippen molar-refractivity contribution in [2.75, 3.05) is 14.2 Å². The lowest BCUT2D eigenvalue weighted by Gasteiger charge is -2.12. The minimum absolute atomic E-state index is 0.210. The second-order valence-electron chi connectivity index (χ2n) is 8.40. The third-order valence-electron chi connectivity index (χ3n) is 5.81. The van der Waals surface area contributed by atoms with Gasteiger partial charge in [0.25, 0.3) is 0 Å². The maximum absolute atomic E-state index is 11.2. The first-order valence-electron chi connectivity index (χ1n) is 11.4. The molecule has 0 aliphatic heterocycles. The van der Waals surface area contributed by atoms with Gasteiger partial charge in [0.05, 0.1) is 14.2 Å². The van der Waals surface area contributed by atoms with Gasteiger partial charge in [0.1, 0.15) is 23.6 Å². The predicted octanol–water partition coefficient (Wildman–Crippen LogP) is 2.44. The van der Waals surface area contributed by atoms with Crippen LogP contribution in [0.15, 0.2) is 48.8 Å². The zero-order chi connectivity index (χ0) is 27.1. The van der Waals surface area contributed by atoms with Crippen molar-refractivity contribution in [3.63, 3.8) is 0 Å². The highest BCUT2D eigenvalue weighted by atomic mass is 16.5. The SMILES string of the molecule is COc1ccc2[nH]cc(C[C@H](N)C(=O)O)c2c1.COc1ccc2[nH]cc(C[C@H](NC(C)=O)C(=O)O)c2c1. The van der Waals surface area contributed by atoms with Gasteiger partial charge in [-0.25, -0.2) is 4.79 Å². The summed E-state index contributed by atoms with van der Waals surface area (Å²) >= 11 is 0. The van der Waals surface area contributed by atoms with Gasteiger partial charge in [-0.3, -0.25) is 9.59 Å². The Morgan fingerprint density at radius 3 is 1.76 bits per heavy atom. The van der Waals surface area contributed by atoms with Crippen molar-refractivity contribution in [3.05, 3.63) is 59.9 Å². The van der Waals surface area contributed by atoms with E-state index in [9.17, 15) is 14.4 Å². The summed E-state index contributed by atoms with van der Waals surface area (Å²) in [6.07, 6.45) is 4.04. The van der Waals surface area contributed by atoms with Crippen LogP contribution in [0.1, 0.15) is 18.1 Å². The third kappa shape index (κ3) is 6.79. The highest BCUT2D eigenvalue weighted by Gasteiger charge is 2.20. The van der Waals surface area contributed by atoms with E-state index in [0.29, 0.717) is 12.2 Å².